The maximum Gasteiger partial charge on any atom is 0.350 e. The standard InChI is InChI=1S/C30H37N5O4.H2S/c1-22(24-8-4-3-5-9-24)35-30(38)34(21-31-35)26-13-11-25(12-14-26)32-18-15-23(16-19-32)20-28(36)33-17-7-6-10-27(33)29(37)39-2;/h3-5,8-9,11-14,21-23,27H,6-7,10,15-20H2,1-2H3;1H2/t22?,27-;/m0./s1. The summed E-state index contributed by atoms with van der Waals surface area (Å²) in [6, 6.07) is 17.3. The molecule has 0 spiro atoms. The summed E-state index contributed by atoms with van der Waals surface area (Å²) >= 11 is 0. The van der Waals surface area contributed by atoms with Crippen LogP contribution in [0.1, 0.15) is 57.1 Å². The van der Waals surface area contributed by atoms with E-state index in [0.717, 1.165) is 55.7 Å². The zero-order valence-corrected chi connectivity index (χ0v) is 24.2. The molecule has 40 heavy (non-hydrogen) atoms. The normalized spacial score (nSPS) is 18.6. The van der Waals surface area contributed by atoms with Crippen molar-refractivity contribution in [3.05, 3.63) is 77.0 Å². The zero-order chi connectivity index (χ0) is 27.4. The van der Waals surface area contributed by atoms with E-state index in [1.165, 1.54) is 11.8 Å². The van der Waals surface area contributed by atoms with Crippen molar-refractivity contribution < 1.29 is 14.3 Å². The third-order valence-corrected chi connectivity index (χ3v) is 8.21. The number of benzene rings is 2. The number of piperidine rings is 2. The molecule has 9 nitrogen and oxygen atoms in total. The van der Waals surface area contributed by atoms with E-state index >= 15 is 0 Å². The fourth-order valence-corrected chi connectivity index (χ4v) is 5.83. The Morgan fingerprint density at radius 2 is 1.62 bits per heavy atom. The van der Waals surface area contributed by atoms with Gasteiger partial charge in [-0.2, -0.15) is 18.6 Å². The van der Waals surface area contributed by atoms with Crippen LogP contribution in [-0.4, -0.2) is 63.9 Å². The predicted molar refractivity (Wildman–Crippen MR) is 159 cm³/mol. The lowest BCUT2D eigenvalue weighted by atomic mass is 9.91. The van der Waals surface area contributed by atoms with Crippen molar-refractivity contribution in [2.75, 3.05) is 31.6 Å². The second-order valence-electron chi connectivity index (χ2n) is 10.6. The third kappa shape index (κ3) is 6.27. The van der Waals surface area contributed by atoms with Crippen molar-refractivity contribution in [1.29, 1.82) is 0 Å². The Kier molecular flexibility index (Phi) is 9.73. The fourth-order valence-electron chi connectivity index (χ4n) is 5.83. The van der Waals surface area contributed by atoms with Gasteiger partial charge in [0.15, 0.2) is 0 Å². The van der Waals surface area contributed by atoms with Crippen LogP contribution in [0.15, 0.2) is 65.7 Å². The molecule has 10 heteroatoms. The van der Waals surface area contributed by atoms with Crippen LogP contribution in [0.25, 0.3) is 5.69 Å². The van der Waals surface area contributed by atoms with Crippen molar-refractivity contribution in [2.45, 2.75) is 57.5 Å². The Labute approximate surface area is 242 Å². The number of methoxy groups -OCH3 is 1. The molecule has 214 valence electrons. The van der Waals surface area contributed by atoms with Crippen LogP contribution in [-0.2, 0) is 14.3 Å². The Morgan fingerprint density at radius 3 is 2.30 bits per heavy atom. The molecule has 0 N–H and O–H groups in total. The van der Waals surface area contributed by atoms with E-state index in [-0.39, 0.29) is 37.1 Å². The summed E-state index contributed by atoms with van der Waals surface area (Å²) < 4.78 is 8.01. The highest BCUT2D eigenvalue weighted by molar-refractivity contribution is 7.59. The summed E-state index contributed by atoms with van der Waals surface area (Å²) in [7, 11) is 1.39. The number of carbonyl (C=O) groups excluding carboxylic acids is 2. The van der Waals surface area contributed by atoms with Gasteiger partial charge >= 0.3 is 11.7 Å². The molecular formula is C30H39N5O4S. The summed E-state index contributed by atoms with van der Waals surface area (Å²) in [5.74, 6) is 0.0753. The number of hydrogen-bond acceptors (Lipinski definition) is 6. The summed E-state index contributed by atoms with van der Waals surface area (Å²) in [6.45, 7) is 4.34. The molecule has 1 amide bonds. The number of anilines is 1. The highest BCUT2D eigenvalue weighted by Crippen LogP contribution is 2.28. The molecule has 1 unspecified atom stereocenters. The van der Waals surface area contributed by atoms with Crippen LogP contribution in [0, 0.1) is 5.92 Å². The molecule has 2 atom stereocenters. The maximum absolute atomic E-state index is 13.1. The number of ether oxygens (including phenoxy) is 1. The number of aromatic nitrogens is 3. The van der Waals surface area contributed by atoms with Gasteiger partial charge < -0.3 is 14.5 Å². The lowest BCUT2D eigenvalue weighted by Crippen LogP contribution is -2.49. The van der Waals surface area contributed by atoms with Gasteiger partial charge in [-0.1, -0.05) is 30.3 Å². The van der Waals surface area contributed by atoms with E-state index in [0.29, 0.717) is 25.3 Å². The monoisotopic (exact) mass is 565 g/mol. The average molecular weight is 566 g/mol. The Balaban J connectivity index is 0.00000370. The molecule has 0 bridgehead atoms. The molecule has 0 saturated carbocycles. The highest BCUT2D eigenvalue weighted by atomic mass is 32.1. The van der Waals surface area contributed by atoms with Gasteiger partial charge in [0.1, 0.15) is 12.4 Å². The van der Waals surface area contributed by atoms with E-state index < -0.39 is 6.04 Å². The van der Waals surface area contributed by atoms with Crippen LogP contribution >= 0.6 is 13.5 Å². The quantitative estimate of drug-likeness (QED) is 0.404. The van der Waals surface area contributed by atoms with Gasteiger partial charge in [0.2, 0.25) is 5.91 Å². The molecule has 1 aromatic heterocycles. The molecule has 3 heterocycles. The Bertz CT molecular complexity index is 1330. The minimum Gasteiger partial charge on any atom is -0.467 e. The van der Waals surface area contributed by atoms with Gasteiger partial charge in [-0.05, 0) is 74.8 Å². The lowest BCUT2D eigenvalue weighted by Gasteiger charge is -2.37. The minimum absolute atomic E-state index is 0. The van der Waals surface area contributed by atoms with E-state index in [4.69, 9.17) is 4.74 Å². The van der Waals surface area contributed by atoms with Crippen LogP contribution in [0.4, 0.5) is 5.69 Å². The van der Waals surface area contributed by atoms with Crippen LogP contribution in [0.5, 0.6) is 0 Å². The van der Waals surface area contributed by atoms with Crippen molar-refractivity contribution in [3.8, 4) is 5.69 Å². The van der Waals surface area contributed by atoms with Gasteiger partial charge in [0.25, 0.3) is 0 Å². The number of esters is 1. The molecule has 2 saturated heterocycles. The Hall–Kier alpha value is -3.53. The number of rotatable bonds is 7. The van der Waals surface area contributed by atoms with Crippen molar-refractivity contribution in [3.63, 3.8) is 0 Å². The van der Waals surface area contributed by atoms with Crippen molar-refractivity contribution in [2.24, 2.45) is 5.92 Å². The summed E-state index contributed by atoms with van der Waals surface area (Å²) in [4.78, 5) is 42.3. The van der Waals surface area contributed by atoms with Crippen LogP contribution < -0.4 is 10.6 Å². The highest BCUT2D eigenvalue weighted by Gasteiger charge is 2.34. The van der Waals surface area contributed by atoms with E-state index in [9.17, 15) is 14.4 Å². The molecule has 3 aromatic rings. The van der Waals surface area contributed by atoms with Crippen LogP contribution in [0.2, 0.25) is 0 Å². The smallest absolute Gasteiger partial charge is 0.350 e. The molecule has 2 aromatic carbocycles. The van der Waals surface area contributed by atoms with Gasteiger partial charge in [-0.25, -0.2) is 18.8 Å². The molecule has 2 fully saturated rings. The average Bonchev–Trinajstić information content (AvgIpc) is 3.38. The molecule has 0 aliphatic carbocycles. The number of nitrogens with zero attached hydrogens (tertiary/aromatic N) is 5. The summed E-state index contributed by atoms with van der Waals surface area (Å²) in [6.07, 6.45) is 6.48. The second-order valence-corrected chi connectivity index (χ2v) is 10.6. The third-order valence-electron chi connectivity index (χ3n) is 8.21. The number of hydrogen-bond donors (Lipinski definition) is 0. The van der Waals surface area contributed by atoms with Crippen molar-refractivity contribution in [1.82, 2.24) is 19.2 Å². The summed E-state index contributed by atoms with van der Waals surface area (Å²) in [5, 5.41) is 4.37. The van der Waals surface area contributed by atoms with Gasteiger partial charge in [0.05, 0.1) is 18.8 Å². The largest absolute Gasteiger partial charge is 0.467 e. The number of amides is 1. The number of likely N-dealkylation sites (tertiary alicyclic amines) is 1. The topological polar surface area (TPSA) is 89.7 Å². The van der Waals surface area contributed by atoms with Gasteiger partial charge in [-0.3, -0.25) is 4.79 Å². The molecule has 2 aliphatic rings. The maximum atomic E-state index is 13.1. The van der Waals surface area contributed by atoms with Crippen molar-refractivity contribution >= 4 is 31.1 Å². The molecule has 5 rings (SSSR count). The van der Waals surface area contributed by atoms with Crippen LogP contribution in [0.3, 0.4) is 0 Å². The first-order chi connectivity index (χ1) is 19.0. The number of carbonyl (C=O) groups is 2. The minimum atomic E-state index is -0.434. The van der Waals surface area contributed by atoms with E-state index in [2.05, 4.69) is 10.00 Å². The SMILES string of the molecule is COC(=O)[C@@H]1CCCCN1C(=O)CC1CCN(c2ccc(-n3cnn(C(C)c4ccccc4)c3=O)cc2)CC1.S. The predicted octanol–water partition coefficient (Wildman–Crippen LogP) is 3.92. The lowest BCUT2D eigenvalue weighted by molar-refractivity contribution is -0.155. The molecular weight excluding hydrogens is 526 g/mol. The molecule has 0 radical (unpaired) electrons. The fraction of sp³-hybridized carbons (Fsp3) is 0.467. The van der Waals surface area contributed by atoms with E-state index in [1.54, 1.807) is 15.8 Å². The zero-order valence-electron chi connectivity index (χ0n) is 23.2. The second kappa shape index (κ2) is 13.2. The summed E-state index contributed by atoms with van der Waals surface area (Å²) in [5.41, 5.74) is 2.73. The first-order valence-corrected chi connectivity index (χ1v) is 13.9. The van der Waals surface area contributed by atoms with E-state index in [1.807, 2.05) is 61.5 Å². The first-order valence-electron chi connectivity index (χ1n) is 13.9. The molecule has 2 aliphatic heterocycles. The Morgan fingerprint density at radius 1 is 0.950 bits per heavy atom. The van der Waals surface area contributed by atoms with Gasteiger partial charge in [-0.15, -0.1) is 0 Å². The first kappa shape index (κ1) is 29.5. The van der Waals surface area contributed by atoms with Gasteiger partial charge in [0, 0.05) is 31.7 Å².